The van der Waals surface area contributed by atoms with Gasteiger partial charge >= 0.3 is 0 Å². The lowest BCUT2D eigenvalue weighted by molar-refractivity contribution is 0.194. The lowest BCUT2D eigenvalue weighted by Crippen LogP contribution is -2.04. The van der Waals surface area contributed by atoms with Gasteiger partial charge in [-0.2, -0.15) is 0 Å². The van der Waals surface area contributed by atoms with Crippen molar-refractivity contribution in [1.29, 1.82) is 0 Å². The maximum atomic E-state index is 5.53. The number of thiazole rings is 1. The van der Waals surface area contributed by atoms with Crippen molar-refractivity contribution in [1.82, 2.24) is 4.98 Å². The smallest absolute Gasteiger partial charge is 0.0985 e. The van der Waals surface area contributed by atoms with E-state index in [0.29, 0.717) is 12.5 Å². The summed E-state index contributed by atoms with van der Waals surface area (Å²) in [5.74, 6) is 0.533. The van der Waals surface area contributed by atoms with Crippen molar-refractivity contribution in [3.8, 4) is 0 Å². The minimum Gasteiger partial charge on any atom is -0.381 e. The molecule has 1 aromatic heterocycles. The molecule has 1 atom stereocenters. The van der Waals surface area contributed by atoms with E-state index in [1.54, 1.807) is 11.3 Å². The van der Waals surface area contributed by atoms with Crippen molar-refractivity contribution in [3.05, 3.63) is 15.6 Å². The van der Waals surface area contributed by atoms with Gasteiger partial charge in [-0.15, -0.1) is 11.3 Å². The van der Waals surface area contributed by atoms with Crippen molar-refractivity contribution in [2.45, 2.75) is 25.7 Å². The molecular formula is C10H16N2OS. The van der Waals surface area contributed by atoms with Crippen LogP contribution in [-0.2, 0) is 11.2 Å². The Hall–Kier alpha value is -0.450. The minimum atomic E-state index is 0.533. The summed E-state index contributed by atoms with van der Waals surface area (Å²) < 4.78 is 5.36. The normalized spacial score (nSPS) is 21.7. The Bertz CT molecular complexity index is 305. The van der Waals surface area contributed by atoms with Gasteiger partial charge in [0, 0.05) is 23.8 Å². The molecule has 3 nitrogen and oxygen atoms in total. The summed E-state index contributed by atoms with van der Waals surface area (Å²) in [5, 5.41) is 1.24. The molecule has 78 valence electrons. The summed E-state index contributed by atoms with van der Waals surface area (Å²) in [4.78, 5) is 5.96. The largest absolute Gasteiger partial charge is 0.381 e. The Morgan fingerprint density at radius 2 is 2.50 bits per heavy atom. The molecule has 0 aliphatic carbocycles. The Labute approximate surface area is 88.3 Å². The molecule has 2 N–H and O–H groups in total. The fraction of sp³-hybridized carbons (Fsp3) is 0.700. The minimum absolute atomic E-state index is 0.533. The van der Waals surface area contributed by atoms with Crippen LogP contribution < -0.4 is 5.73 Å². The van der Waals surface area contributed by atoms with Gasteiger partial charge in [-0.3, -0.25) is 0 Å². The van der Waals surface area contributed by atoms with E-state index >= 15 is 0 Å². The lowest BCUT2D eigenvalue weighted by Gasteiger charge is -2.00. The number of nitrogens with two attached hydrogens (primary N) is 1. The Kier molecular flexibility index (Phi) is 3.15. The van der Waals surface area contributed by atoms with Crippen LogP contribution in [0.2, 0.25) is 0 Å². The van der Waals surface area contributed by atoms with Crippen LogP contribution in [-0.4, -0.2) is 24.7 Å². The van der Waals surface area contributed by atoms with E-state index in [4.69, 9.17) is 10.5 Å². The van der Waals surface area contributed by atoms with E-state index < -0.39 is 0 Å². The summed E-state index contributed by atoms with van der Waals surface area (Å²) in [5.41, 5.74) is 6.71. The van der Waals surface area contributed by atoms with Gasteiger partial charge in [-0.25, -0.2) is 4.98 Å². The molecule has 1 saturated heterocycles. The molecule has 2 heterocycles. The van der Waals surface area contributed by atoms with Crippen molar-refractivity contribution in [2.75, 3.05) is 19.8 Å². The van der Waals surface area contributed by atoms with Gasteiger partial charge in [-0.05, 0) is 19.9 Å². The first-order chi connectivity index (χ1) is 6.81. The van der Waals surface area contributed by atoms with E-state index in [1.165, 1.54) is 15.6 Å². The number of nitrogens with zero attached hydrogens (tertiary/aromatic N) is 1. The second-order valence-corrected chi connectivity index (χ2v) is 4.89. The maximum Gasteiger partial charge on any atom is 0.0985 e. The second kappa shape index (κ2) is 4.38. The van der Waals surface area contributed by atoms with Gasteiger partial charge in [-0.1, -0.05) is 0 Å². The Balaban J connectivity index is 2.14. The summed E-state index contributed by atoms with van der Waals surface area (Å²) in [7, 11) is 0. The number of rotatable bonds is 3. The molecule has 0 saturated carbocycles. The van der Waals surface area contributed by atoms with Crippen LogP contribution in [0.25, 0.3) is 0 Å². The molecule has 1 aliphatic rings. The van der Waals surface area contributed by atoms with E-state index in [9.17, 15) is 0 Å². The summed E-state index contributed by atoms with van der Waals surface area (Å²) in [6.45, 7) is 4.54. The zero-order valence-corrected chi connectivity index (χ0v) is 9.27. The summed E-state index contributed by atoms with van der Waals surface area (Å²) >= 11 is 1.80. The highest BCUT2D eigenvalue weighted by Gasteiger charge is 2.21. The molecular weight excluding hydrogens is 196 g/mol. The van der Waals surface area contributed by atoms with E-state index in [-0.39, 0.29) is 0 Å². The number of ether oxygens (including phenoxy) is 1. The summed E-state index contributed by atoms with van der Waals surface area (Å²) in [6, 6.07) is 0. The van der Waals surface area contributed by atoms with Crippen molar-refractivity contribution in [2.24, 2.45) is 5.73 Å². The quantitative estimate of drug-likeness (QED) is 0.825. The van der Waals surface area contributed by atoms with Crippen LogP contribution in [0.5, 0.6) is 0 Å². The van der Waals surface area contributed by atoms with E-state index in [1.807, 2.05) is 0 Å². The third-order valence-corrected chi connectivity index (χ3v) is 3.74. The Morgan fingerprint density at radius 3 is 3.14 bits per heavy atom. The fourth-order valence-electron chi connectivity index (χ4n) is 1.72. The van der Waals surface area contributed by atoms with E-state index in [2.05, 4.69) is 11.9 Å². The van der Waals surface area contributed by atoms with Gasteiger partial charge in [0.25, 0.3) is 0 Å². The molecule has 0 spiro atoms. The Morgan fingerprint density at radius 1 is 1.64 bits per heavy atom. The highest BCUT2D eigenvalue weighted by Crippen LogP contribution is 2.30. The zero-order valence-electron chi connectivity index (χ0n) is 8.45. The SMILES string of the molecule is Cc1sc(C2CCOC2)nc1CCN. The van der Waals surface area contributed by atoms with Crippen LogP contribution in [0.15, 0.2) is 0 Å². The molecule has 4 heteroatoms. The lowest BCUT2D eigenvalue weighted by atomic mass is 10.1. The fourth-order valence-corrected chi connectivity index (χ4v) is 2.81. The first kappa shape index (κ1) is 10.1. The van der Waals surface area contributed by atoms with Crippen LogP contribution in [0, 0.1) is 6.92 Å². The predicted molar refractivity (Wildman–Crippen MR) is 57.8 cm³/mol. The number of hydrogen-bond acceptors (Lipinski definition) is 4. The van der Waals surface area contributed by atoms with Crippen LogP contribution in [0.4, 0.5) is 0 Å². The van der Waals surface area contributed by atoms with Crippen LogP contribution in [0.3, 0.4) is 0 Å². The molecule has 0 radical (unpaired) electrons. The summed E-state index contributed by atoms with van der Waals surface area (Å²) in [6.07, 6.45) is 2.02. The van der Waals surface area contributed by atoms with Crippen molar-refractivity contribution >= 4 is 11.3 Å². The third-order valence-electron chi connectivity index (χ3n) is 2.57. The first-order valence-electron chi connectivity index (χ1n) is 5.05. The molecule has 1 aromatic rings. The van der Waals surface area contributed by atoms with E-state index in [0.717, 1.165) is 26.1 Å². The van der Waals surface area contributed by atoms with Crippen molar-refractivity contribution in [3.63, 3.8) is 0 Å². The second-order valence-electron chi connectivity index (χ2n) is 3.65. The third kappa shape index (κ3) is 1.97. The number of aromatic nitrogens is 1. The molecule has 1 aliphatic heterocycles. The standard InChI is InChI=1S/C10H16N2OS/c1-7-9(2-4-11)12-10(14-7)8-3-5-13-6-8/h8H,2-6,11H2,1H3. The highest BCUT2D eigenvalue weighted by atomic mass is 32.1. The van der Waals surface area contributed by atoms with Gasteiger partial charge < -0.3 is 10.5 Å². The first-order valence-corrected chi connectivity index (χ1v) is 5.87. The van der Waals surface area contributed by atoms with Crippen molar-refractivity contribution < 1.29 is 4.74 Å². The number of hydrogen-bond donors (Lipinski definition) is 1. The van der Waals surface area contributed by atoms with Gasteiger partial charge in [0.15, 0.2) is 0 Å². The molecule has 14 heavy (non-hydrogen) atoms. The topological polar surface area (TPSA) is 48.1 Å². The zero-order chi connectivity index (χ0) is 9.97. The van der Waals surface area contributed by atoms with Crippen LogP contribution in [0.1, 0.15) is 27.9 Å². The molecule has 0 aromatic carbocycles. The highest BCUT2D eigenvalue weighted by molar-refractivity contribution is 7.11. The van der Waals surface area contributed by atoms with Gasteiger partial charge in [0.2, 0.25) is 0 Å². The molecule has 1 unspecified atom stereocenters. The average Bonchev–Trinajstić information content (AvgIpc) is 2.76. The molecule has 0 bridgehead atoms. The molecule has 2 rings (SSSR count). The van der Waals surface area contributed by atoms with Gasteiger partial charge in [0.05, 0.1) is 17.3 Å². The molecule has 1 fully saturated rings. The molecule has 0 amide bonds. The predicted octanol–water partition coefficient (Wildman–Crippen LogP) is 1.46. The average molecular weight is 212 g/mol. The van der Waals surface area contributed by atoms with Crippen LogP contribution >= 0.6 is 11.3 Å². The maximum absolute atomic E-state index is 5.53. The number of aryl methyl sites for hydroxylation is 1. The monoisotopic (exact) mass is 212 g/mol. The van der Waals surface area contributed by atoms with Gasteiger partial charge in [0.1, 0.15) is 0 Å².